The second-order valence-electron chi connectivity index (χ2n) is 5.28. The number of benzene rings is 1. The number of carboxylic acid groups (broad SMARTS) is 1. The molecule has 1 aromatic rings. The zero-order chi connectivity index (χ0) is 17.5. The number of methoxy groups -OCH3 is 1. The number of hydrazone groups is 1. The number of hydrogen-bond donors (Lipinski definition) is 5. The lowest BCUT2D eigenvalue weighted by atomic mass is 9.97. The average molecular weight is 354 g/mol. The first-order valence-corrected chi connectivity index (χ1v) is 8.20. The first kappa shape index (κ1) is 18.2. The summed E-state index contributed by atoms with van der Waals surface area (Å²) in [6.07, 6.45) is 1.79. The molecule has 1 aliphatic rings. The average Bonchev–Trinajstić information content (AvgIpc) is 2.61. The Hall–Kier alpha value is -2.17. The lowest BCUT2D eigenvalue weighted by Crippen LogP contribution is -2.42. The van der Waals surface area contributed by atoms with Crippen LogP contribution in [-0.4, -0.2) is 41.4 Å². The molecule has 0 saturated carbocycles. The highest BCUT2D eigenvalue weighted by Crippen LogP contribution is 2.30. The molecule has 7 N–H and O–H groups in total. The van der Waals surface area contributed by atoms with E-state index in [2.05, 4.69) is 19.6 Å². The Labute approximate surface area is 144 Å². The van der Waals surface area contributed by atoms with Gasteiger partial charge in [0.15, 0.2) is 0 Å². The Kier molecular flexibility index (Phi) is 6.53. The Morgan fingerprint density at radius 2 is 2.17 bits per heavy atom. The smallest absolute Gasteiger partial charge is 0.335 e. The summed E-state index contributed by atoms with van der Waals surface area (Å²) in [6, 6.07) is 4.73. The van der Waals surface area contributed by atoms with E-state index in [-0.39, 0.29) is 11.5 Å². The predicted molar refractivity (Wildman–Crippen MR) is 94.4 cm³/mol. The number of ether oxygens (including phenoxy) is 1. The monoisotopic (exact) mass is 354 g/mol. The van der Waals surface area contributed by atoms with Crippen LogP contribution >= 0.6 is 12.1 Å². The van der Waals surface area contributed by atoms with E-state index in [1.54, 1.807) is 6.07 Å². The van der Waals surface area contributed by atoms with Crippen molar-refractivity contribution in [3.8, 4) is 5.75 Å². The summed E-state index contributed by atoms with van der Waals surface area (Å²) in [5, 5.41) is 12.7. The molecule has 0 bridgehead atoms. The number of piperidine rings is 1. The molecule has 0 radical (unpaired) electrons. The number of carboxylic acids is 1. The Balaban J connectivity index is 1.90. The number of anilines is 1. The number of hydrogen-bond acceptors (Lipinski definition) is 8. The van der Waals surface area contributed by atoms with E-state index in [0.717, 1.165) is 31.6 Å². The zero-order valence-corrected chi connectivity index (χ0v) is 14.2. The van der Waals surface area contributed by atoms with Crippen LogP contribution in [0.1, 0.15) is 23.2 Å². The fraction of sp³-hybridized carbons (Fsp3) is 0.429. The van der Waals surface area contributed by atoms with Gasteiger partial charge in [0.2, 0.25) is 0 Å². The Bertz CT molecular complexity index is 604. The van der Waals surface area contributed by atoms with Crippen LogP contribution in [0.2, 0.25) is 0 Å². The highest BCUT2D eigenvalue weighted by atomic mass is 32.2. The van der Waals surface area contributed by atoms with Crippen LogP contribution in [-0.2, 0) is 0 Å². The van der Waals surface area contributed by atoms with E-state index in [4.69, 9.17) is 21.5 Å². The highest BCUT2D eigenvalue weighted by Gasteiger charge is 2.23. The molecule has 132 valence electrons. The summed E-state index contributed by atoms with van der Waals surface area (Å²) in [4.78, 5) is 11.0. The van der Waals surface area contributed by atoms with E-state index in [9.17, 15) is 4.79 Å². The standard InChI is InChI=1S/C14H22N6O3S/c1-23-12-8-10(14(21)22)2-3-11(12)19-24-20-6-4-9(5-7-20)13(17-15)18-16/h2-3,8-9,19H,4-7,15-16H2,1H3,(H,17,18)(H,21,22). The van der Waals surface area contributed by atoms with Crippen LogP contribution in [0.3, 0.4) is 0 Å². The van der Waals surface area contributed by atoms with Crippen molar-refractivity contribution in [2.75, 3.05) is 24.9 Å². The summed E-state index contributed by atoms with van der Waals surface area (Å²) in [5.74, 6) is 11.1. The maximum atomic E-state index is 11.0. The van der Waals surface area contributed by atoms with E-state index in [1.807, 2.05) is 0 Å². The minimum atomic E-state index is -0.986. The molecule has 1 saturated heterocycles. The molecule has 0 spiro atoms. The van der Waals surface area contributed by atoms with Gasteiger partial charge >= 0.3 is 5.97 Å². The van der Waals surface area contributed by atoms with Crippen LogP contribution in [0.25, 0.3) is 0 Å². The molecule has 1 fully saturated rings. The normalized spacial score (nSPS) is 16.7. The third-order valence-corrected chi connectivity index (χ3v) is 4.80. The van der Waals surface area contributed by atoms with Crippen LogP contribution in [0.4, 0.5) is 5.69 Å². The summed E-state index contributed by atoms with van der Waals surface area (Å²) < 4.78 is 10.6. The van der Waals surface area contributed by atoms with Gasteiger partial charge in [0, 0.05) is 31.1 Å². The van der Waals surface area contributed by atoms with Crippen LogP contribution < -0.4 is 26.6 Å². The van der Waals surface area contributed by atoms with Gasteiger partial charge in [-0.2, -0.15) is 5.10 Å². The third kappa shape index (κ3) is 4.43. The van der Waals surface area contributed by atoms with E-state index in [0.29, 0.717) is 11.6 Å². The summed E-state index contributed by atoms with van der Waals surface area (Å²) in [5.41, 5.74) is 3.45. The lowest BCUT2D eigenvalue weighted by Gasteiger charge is -2.31. The number of rotatable bonds is 6. The molecule has 0 atom stereocenters. The molecule has 10 heteroatoms. The molecule has 1 aromatic carbocycles. The third-order valence-electron chi connectivity index (χ3n) is 3.86. The van der Waals surface area contributed by atoms with Gasteiger partial charge < -0.3 is 25.8 Å². The first-order chi connectivity index (χ1) is 11.6. The van der Waals surface area contributed by atoms with Crippen molar-refractivity contribution in [1.29, 1.82) is 0 Å². The number of nitrogens with two attached hydrogens (primary N) is 2. The molecule has 0 amide bonds. The fourth-order valence-corrected chi connectivity index (χ4v) is 3.29. The van der Waals surface area contributed by atoms with Crippen molar-refractivity contribution in [2.24, 2.45) is 22.7 Å². The van der Waals surface area contributed by atoms with Gasteiger partial charge in [-0.1, -0.05) is 0 Å². The minimum Gasteiger partial charge on any atom is -0.495 e. The topological polar surface area (TPSA) is 138 Å². The molecule has 1 heterocycles. The quantitative estimate of drug-likeness (QED) is 0.165. The summed E-state index contributed by atoms with van der Waals surface area (Å²) >= 11 is 1.46. The number of carbonyl (C=O) groups is 1. The van der Waals surface area contributed by atoms with Gasteiger partial charge in [-0.25, -0.2) is 14.9 Å². The van der Waals surface area contributed by atoms with Gasteiger partial charge in [0.25, 0.3) is 0 Å². The van der Waals surface area contributed by atoms with Crippen molar-refractivity contribution in [1.82, 2.24) is 9.73 Å². The molecule has 0 aromatic heterocycles. The Morgan fingerprint density at radius 1 is 1.46 bits per heavy atom. The highest BCUT2D eigenvalue weighted by molar-refractivity contribution is 7.98. The first-order valence-electron chi connectivity index (χ1n) is 7.42. The van der Waals surface area contributed by atoms with Crippen LogP contribution in [0.15, 0.2) is 23.3 Å². The van der Waals surface area contributed by atoms with Gasteiger partial charge in [-0.15, -0.1) is 0 Å². The predicted octanol–water partition coefficient (Wildman–Crippen LogP) is 0.816. The van der Waals surface area contributed by atoms with Crippen molar-refractivity contribution in [3.63, 3.8) is 0 Å². The van der Waals surface area contributed by atoms with Crippen molar-refractivity contribution < 1.29 is 14.6 Å². The summed E-state index contributed by atoms with van der Waals surface area (Å²) in [6.45, 7) is 1.69. The zero-order valence-electron chi connectivity index (χ0n) is 13.4. The molecule has 0 aliphatic carbocycles. The van der Waals surface area contributed by atoms with Crippen molar-refractivity contribution in [3.05, 3.63) is 23.8 Å². The second kappa shape index (κ2) is 8.62. The largest absolute Gasteiger partial charge is 0.495 e. The SMILES string of the molecule is COc1cc(C(=O)O)ccc1NSN1CCC(/C(=N/N)NN)CC1. The van der Waals surface area contributed by atoms with Crippen LogP contribution in [0.5, 0.6) is 5.75 Å². The maximum Gasteiger partial charge on any atom is 0.335 e. The number of nitrogens with zero attached hydrogens (tertiary/aromatic N) is 2. The van der Waals surface area contributed by atoms with Gasteiger partial charge in [-0.3, -0.25) is 0 Å². The molecule has 0 unspecified atom stereocenters. The van der Waals surface area contributed by atoms with E-state index >= 15 is 0 Å². The number of nitrogens with one attached hydrogen (secondary N) is 2. The molecule has 24 heavy (non-hydrogen) atoms. The van der Waals surface area contributed by atoms with E-state index in [1.165, 1.54) is 31.4 Å². The number of aromatic carboxylic acids is 1. The summed E-state index contributed by atoms with van der Waals surface area (Å²) in [7, 11) is 1.51. The number of amidine groups is 1. The van der Waals surface area contributed by atoms with E-state index < -0.39 is 5.97 Å². The molecular formula is C14H22N6O3S. The van der Waals surface area contributed by atoms with Gasteiger partial charge in [0.05, 0.1) is 18.4 Å². The minimum absolute atomic E-state index is 0.186. The number of hydrazine groups is 1. The van der Waals surface area contributed by atoms with Crippen molar-refractivity contribution >= 4 is 29.6 Å². The molecular weight excluding hydrogens is 332 g/mol. The lowest BCUT2D eigenvalue weighted by molar-refractivity contribution is 0.0696. The maximum absolute atomic E-state index is 11.0. The molecule has 2 rings (SSSR count). The molecule has 1 aliphatic heterocycles. The van der Waals surface area contributed by atoms with Gasteiger partial charge in [0.1, 0.15) is 11.6 Å². The fourth-order valence-electron chi connectivity index (χ4n) is 2.50. The van der Waals surface area contributed by atoms with Crippen LogP contribution in [0, 0.1) is 5.92 Å². The van der Waals surface area contributed by atoms with Gasteiger partial charge in [-0.05, 0) is 31.0 Å². The Morgan fingerprint density at radius 3 is 2.71 bits per heavy atom. The second-order valence-corrected chi connectivity index (χ2v) is 6.18. The van der Waals surface area contributed by atoms with Crippen molar-refractivity contribution in [2.45, 2.75) is 12.8 Å². The molecule has 9 nitrogen and oxygen atoms in total.